The highest BCUT2D eigenvalue weighted by atomic mass is 16.9. The zero-order chi connectivity index (χ0) is 31.0. The van der Waals surface area contributed by atoms with E-state index in [4.69, 9.17) is 28.4 Å². The second-order valence-corrected chi connectivity index (χ2v) is 11.7. The van der Waals surface area contributed by atoms with Gasteiger partial charge in [0.05, 0.1) is 0 Å². The highest BCUT2D eigenvalue weighted by molar-refractivity contribution is 4.59. The van der Waals surface area contributed by atoms with Crippen molar-refractivity contribution < 1.29 is 28.4 Å². The minimum Gasteiger partial charge on any atom is -0.331 e. The van der Waals surface area contributed by atoms with E-state index in [0.29, 0.717) is 0 Å². The lowest BCUT2D eigenvalue weighted by atomic mass is 10.1. The molecule has 0 atom stereocenters. The van der Waals surface area contributed by atoms with Gasteiger partial charge in [-0.2, -0.15) is 0 Å². The minimum absolute atomic E-state index is 0.784. The van der Waals surface area contributed by atoms with E-state index in [0.717, 1.165) is 51.9 Å². The van der Waals surface area contributed by atoms with Crippen LogP contribution < -0.4 is 10.6 Å². The van der Waals surface area contributed by atoms with Crippen LogP contribution in [-0.2, 0) is 28.4 Å². The number of rotatable bonds is 35. The van der Waals surface area contributed by atoms with Crippen LogP contribution in [0.25, 0.3) is 0 Å². The van der Waals surface area contributed by atoms with Crippen molar-refractivity contribution in [3.63, 3.8) is 0 Å². The molecule has 0 amide bonds. The molecule has 0 aliphatic heterocycles. The van der Waals surface area contributed by atoms with Crippen molar-refractivity contribution in [3.05, 3.63) is 0 Å². The van der Waals surface area contributed by atoms with Gasteiger partial charge in [0.1, 0.15) is 0 Å². The predicted molar refractivity (Wildman–Crippen MR) is 175 cm³/mol. The first-order valence-corrected chi connectivity index (χ1v) is 17.3. The second-order valence-electron chi connectivity index (χ2n) is 11.7. The van der Waals surface area contributed by atoms with Gasteiger partial charge in [0, 0.05) is 68.6 Å². The largest absolute Gasteiger partial charge is 0.331 e. The fourth-order valence-corrected chi connectivity index (χ4v) is 5.55. The molecule has 0 fully saturated rings. The van der Waals surface area contributed by atoms with Gasteiger partial charge in [-0.25, -0.2) is 0 Å². The molecule has 0 bridgehead atoms. The summed E-state index contributed by atoms with van der Waals surface area (Å²) in [6.45, 7) is 4.48. The summed E-state index contributed by atoms with van der Waals surface area (Å²) in [7, 11) is 9.82. The number of hydrogen-bond donors (Lipinski definition) is 2. The maximum Gasteiger partial charge on any atom is 0.282 e. The van der Waals surface area contributed by atoms with Gasteiger partial charge in [-0.1, -0.05) is 103 Å². The molecule has 0 saturated carbocycles. The summed E-state index contributed by atoms with van der Waals surface area (Å²) in [4.78, 5) is 0. The van der Waals surface area contributed by atoms with Gasteiger partial charge in [0.2, 0.25) is 0 Å². The Morgan fingerprint density at radius 2 is 0.500 bits per heavy atom. The van der Waals surface area contributed by atoms with E-state index in [9.17, 15) is 0 Å². The highest BCUT2D eigenvalue weighted by Crippen LogP contribution is 2.22. The summed E-state index contributed by atoms with van der Waals surface area (Å²) in [6, 6.07) is 0. The number of hydrogen-bond acceptors (Lipinski definition) is 8. The quantitative estimate of drug-likeness (QED) is 0.0558. The van der Waals surface area contributed by atoms with E-state index in [-0.39, 0.29) is 0 Å². The maximum atomic E-state index is 5.35. The van der Waals surface area contributed by atoms with Crippen LogP contribution in [0.3, 0.4) is 0 Å². The smallest absolute Gasteiger partial charge is 0.282 e. The summed E-state index contributed by atoms with van der Waals surface area (Å²) in [5.74, 6) is -1.72. The molecular formula is C34H72N2O6. The van der Waals surface area contributed by atoms with E-state index >= 15 is 0 Å². The molecule has 0 aliphatic carbocycles. The molecule has 0 aromatic carbocycles. The van der Waals surface area contributed by atoms with Crippen LogP contribution in [0.15, 0.2) is 0 Å². The van der Waals surface area contributed by atoms with Gasteiger partial charge in [-0.05, 0) is 38.8 Å². The molecule has 8 nitrogen and oxygen atoms in total. The third-order valence-electron chi connectivity index (χ3n) is 8.52. The summed E-state index contributed by atoms with van der Waals surface area (Å²) < 4.78 is 32.1. The Hall–Kier alpha value is -0.320. The summed E-state index contributed by atoms with van der Waals surface area (Å²) in [5.41, 5.74) is 0. The van der Waals surface area contributed by atoms with Gasteiger partial charge in [0.25, 0.3) is 11.9 Å². The van der Waals surface area contributed by atoms with Crippen molar-refractivity contribution in [2.75, 3.05) is 68.8 Å². The van der Waals surface area contributed by atoms with Crippen LogP contribution in [0.1, 0.15) is 141 Å². The van der Waals surface area contributed by atoms with Crippen molar-refractivity contribution in [1.29, 1.82) is 0 Å². The topological polar surface area (TPSA) is 79.4 Å². The highest BCUT2D eigenvalue weighted by Gasteiger charge is 2.29. The molecule has 0 aromatic rings. The first kappa shape index (κ1) is 41.7. The first-order chi connectivity index (χ1) is 20.6. The molecule has 0 rings (SSSR count). The van der Waals surface area contributed by atoms with Crippen molar-refractivity contribution >= 4 is 0 Å². The van der Waals surface area contributed by atoms with Gasteiger partial charge < -0.3 is 39.1 Å². The average molecular weight is 605 g/mol. The third kappa shape index (κ3) is 23.1. The lowest BCUT2D eigenvalue weighted by molar-refractivity contribution is -0.355. The maximum absolute atomic E-state index is 5.35. The SMILES string of the molecule is COC(CCCCCCCCCCCCNCCNCCCCCCCCCCCCC(OC)(OC)OC)(OC)OC. The molecule has 8 heteroatoms. The molecule has 0 aliphatic rings. The normalized spacial score (nSPS) is 12.4. The Labute approximate surface area is 261 Å². The summed E-state index contributed by atoms with van der Waals surface area (Å²) >= 11 is 0. The zero-order valence-electron chi connectivity index (χ0n) is 28.8. The van der Waals surface area contributed by atoms with Crippen LogP contribution in [0.2, 0.25) is 0 Å². The number of ether oxygens (including phenoxy) is 6. The van der Waals surface area contributed by atoms with E-state index < -0.39 is 11.9 Å². The average Bonchev–Trinajstić information content (AvgIpc) is 3.03. The van der Waals surface area contributed by atoms with Crippen LogP contribution in [-0.4, -0.2) is 80.8 Å². The Balaban J connectivity index is 3.22. The third-order valence-corrected chi connectivity index (χ3v) is 8.52. The molecule has 42 heavy (non-hydrogen) atoms. The van der Waals surface area contributed by atoms with E-state index in [1.54, 1.807) is 42.7 Å². The standard InChI is InChI=1S/C34H72N2O6/c1-37-33(38-2,39-3)27-23-19-15-11-7-9-13-17-21-25-29-35-31-32-36-30-26-22-18-14-10-8-12-16-20-24-28-34(40-4,41-5)42-6/h35-36H,7-32H2,1-6H3. The lowest BCUT2D eigenvalue weighted by Gasteiger charge is -2.28. The van der Waals surface area contributed by atoms with E-state index in [1.807, 2.05) is 0 Å². The Bertz CT molecular complexity index is 470. The van der Waals surface area contributed by atoms with Crippen molar-refractivity contribution in [2.24, 2.45) is 0 Å². The number of methoxy groups -OCH3 is 6. The minimum atomic E-state index is -0.858. The number of unbranched alkanes of at least 4 members (excludes halogenated alkanes) is 18. The molecular weight excluding hydrogens is 532 g/mol. The fraction of sp³-hybridized carbons (Fsp3) is 1.00. The van der Waals surface area contributed by atoms with Gasteiger partial charge in [-0.15, -0.1) is 0 Å². The molecule has 2 N–H and O–H groups in total. The van der Waals surface area contributed by atoms with Crippen LogP contribution in [0.4, 0.5) is 0 Å². The van der Waals surface area contributed by atoms with Gasteiger partial charge in [0.15, 0.2) is 0 Å². The number of nitrogens with one attached hydrogen (secondary N) is 2. The molecule has 0 radical (unpaired) electrons. The zero-order valence-corrected chi connectivity index (χ0v) is 28.8. The van der Waals surface area contributed by atoms with Crippen molar-refractivity contribution in [1.82, 2.24) is 10.6 Å². The van der Waals surface area contributed by atoms with Gasteiger partial charge in [-0.3, -0.25) is 0 Å². The first-order valence-electron chi connectivity index (χ1n) is 17.3. The summed E-state index contributed by atoms with van der Waals surface area (Å²) in [5, 5.41) is 7.18. The Morgan fingerprint density at radius 1 is 0.286 bits per heavy atom. The van der Waals surface area contributed by atoms with Crippen molar-refractivity contribution in [3.8, 4) is 0 Å². The van der Waals surface area contributed by atoms with Crippen molar-refractivity contribution in [2.45, 2.75) is 153 Å². The molecule has 0 heterocycles. The predicted octanol–water partition coefficient (Wildman–Crippen LogP) is 7.93. The Kier molecular flexibility index (Phi) is 30.5. The van der Waals surface area contributed by atoms with E-state index in [2.05, 4.69) is 10.6 Å². The molecule has 0 spiro atoms. The van der Waals surface area contributed by atoms with Crippen LogP contribution in [0.5, 0.6) is 0 Å². The molecule has 0 unspecified atom stereocenters. The van der Waals surface area contributed by atoms with Crippen LogP contribution >= 0.6 is 0 Å². The summed E-state index contributed by atoms with van der Waals surface area (Å²) in [6.07, 6.45) is 27.6. The van der Waals surface area contributed by atoms with Gasteiger partial charge >= 0.3 is 0 Å². The Morgan fingerprint density at radius 3 is 0.738 bits per heavy atom. The van der Waals surface area contributed by atoms with Crippen LogP contribution in [0, 0.1) is 0 Å². The fourth-order valence-electron chi connectivity index (χ4n) is 5.55. The molecule has 0 saturated heterocycles. The second kappa shape index (κ2) is 30.7. The molecule has 0 aromatic heterocycles. The monoisotopic (exact) mass is 605 g/mol. The lowest BCUT2D eigenvalue weighted by Crippen LogP contribution is -2.35. The van der Waals surface area contributed by atoms with E-state index in [1.165, 1.54) is 116 Å². The molecule has 254 valence electrons.